The molecule has 1 saturated heterocycles. The molecule has 1 atom stereocenters. The number of aromatic nitrogens is 1. The highest BCUT2D eigenvalue weighted by Crippen LogP contribution is 2.26. The molecule has 0 radical (unpaired) electrons. The van der Waals surface area contributed by atoms with Gasteiger partial charge in [-0.15, -0.1) is 0 Å². The molecular weight excluding hydrogens is 226 g/mol. The van der Waals surface area contributed by atoms with Gasteiger partial charge >= 0.3 is 0 Å². The van der Waals surface area contributed by atoms with Gasteiger partial charge in [0.05, 0.1) is 0 Å². The molecule has 0 spiro atoms. The first-order valence-corrected chi connectivity index (χ1v) is 6.39. The molecule has 1 aromatic carbocycles. The molecule has 4 heteroatoms. The summed E-state index contributed by atoms with van der Waals surface area (Å²) in [7, 11) is 4.37. The number of hydrogen-bond acceptors (Lipinski definition) is 4. The number of fused-ring (bicyclic) bond motifs is 1. The van der Waals surface area contributed by atoms with Gasteiger partial charge in [0, 0.05) is 32.6 Å². The lowest BCUT2D eigenvalue weighted by Crippen LogP contribution is -2.44. The fraction of sp³-hybridized carbons (Fsp3) is 0.500. The lowest BCUT2D eigenvalue weighted by atomic mass is 10.0. The van der Waals surface area contributed by atoms with E-state index >= 15 is 0 Å². The minimum Gasteiger partial charge on any atom is -0.441 e. The average Bonchev–Trinajstić information content (AvgIpc) is 2.71. The highest BCUT2D eigenvalue weighted by molar-refractivity contribution is 5.73. The number of piperazine rings is 1. The van der Waals surface area contributed by atoms with Crippen molar-refractivity contribution in [3.8, 4) is 0 Å². The van der Waals surface area contributed by atoms with E-state index in [4.69, 9.17) is 4.42 Å². The van der Waals surface area contributed by atoms with Crippen molar-refractivity contribution in [3.63, 3.8) is 0 Å². The molecule has 0 aliphatic carbocycles. The maximum atomic E-state index is 5.52. The molecule has 96 valence electrons. The predicted octanol–water partition coefficient (Wildman–Crippen LogP) is 2.05. The third kappa shape index (κ3) is 2.02. The molecule has 0 amide bonds. The zero-order chi connectivity index (χ0) is 12.7. The second-order valence-electron chi connectivity index (χ2n) is 5.22. The molecule has 4 nitrogen and oxygen atoms in total. The van der Waals surface area contributed by atoms with Crippen LogP contribution in [0.15, 0.2) is 22.6 Å². The lowest BCUT2D eigenvalue weighted by Gasteiger charge is -2.37. The molecule has 1 aliphatic rings. The van der Waals surface area contributed by atoms with Crippen molar-refractivity contribution in [2.24, 2.45) is 0 Å². The van der Waals surface area contributed by atoms with E-state index in [0.717, 1.165) is 36.6 Å². The van der Waals surface area contributed by atoms with Crippen molar-refractivity contribution in [1.29, 1.82) is 0 Å². The first-order valence-electron chi connectivity index (χ1n) is 6.39. The molecule has 1 fully saturated rings. The highest BCUT2D eigenvalue weighted by Gasteiger charge is 2.24. The summed E-state index contributed by atoms with van der Waals surface area (Å²) in [6.45, 7) is 5.20. The summed E-state index contributed by atoms with van der Waals surface area (Å²) in [5, 5.41) is 0. The second kappa shape index (κ2) is 4.37. The first-order chi connectivity index (χ1) is 8.63. The van der Waals surface area contributed by atoms with Crippen molar-refractivity contribution < 1.29 is 4.42 Å². The Morgan fingerprint density at radius 1 is 1.28 bits per heavy atom. The van der Waals surface area contributed by atoms with Gasteiger partial charge in [-0.1, -0.05) is 6.07 Å². The van der Waals surface area contributed by atoms with E-state index in [1.165, 1.54) is 5.56 Å². The number of rotatable bonds is 1. The number of nitrogens with zero attached hydrogens (tertiary/aromatic N) is 3. The number of hydrogen-bond donors (Lipinski definition) is 0. The number of benzene rings is 1. The highest BCUT2D eigenvalue weighted by atomic mass is 16.3. The van der Waals surface area contributed by atoms with Crippen LogP contribution in [0.5, 0.6) is 0 Å². The Morgan fingerprint density at radius 2 is 2.11 bits per heavy atom. The van der Waals surface area contributed by atoms with Crippen LogP contribution in [0.2, 0.25) is 0 Å². The van der Waals surface area contributed by atoms with Gasteiger partial charge in [-0.2, -0.15) is 0 Å². The van der Waals surface area contributed by atoms with Crippen LogP contribution in [0.3, 0.4) is 0 Å². The minimum atomic E-state index is 0.449. The van der Waals surface area contributed by atoms with Crippen LogP contribution < -0.4 is 0 Å². The molecule has 2 aromatic rings. The second-order valence-corrected chi connectivity index (χ2v) is 5.22. The molecule has 3 rings (SSSR count). The number of aryl methyl sites for hydroxylation is 1. The van der Waals surface area contributed by atoms with E-state index in [0.29, 0.717) is 6.04 Å². The standard InChI is InChI=1S/C14H19N3O/c1-10-15-12-8-11(4-5-14(12)18-10)13-9-16(2)6-7-17(13)3/h4-5,8,13H,6-7,9H2,1-3H3. The molecule has 2 heterocycles. The van der Waals surface area contributed by atoms with E-state index in [2.05, 4.69) is 41.0 Å². The van der Waals surface area contributed by atoms with Gasteiger partial charge < -0.3 is 9.32 Å². The molecule has 0 bridgehead atoms. The Hall–Kier alpha value is -1.39. The van der Waals surface area contributed by atoms with Crippen LogP contribution in [0.4, 0.5) is 0 Å². The predicted molar refractivity (Wildman–Crippen MR) is 71.6 cm³/mol. The fourth-order valence-electron chi connectivity index (χ4n) is 2.64. The Labute approximate surface area is 107 Å². The van der Waals surface area contributed by atoms with Gasteiger partial charge in [-0.05, 0) is 31.8 Å². The van der Waals surface area contributed by atoms with Gasteiger partial charge in [0.25, 0.3) is 0 Å². The molecule has 0 N–H and O–H groups in total. The Kier molecular flexibility index (Phi) is 2.84. The third-order valence-electron chi connectivity index (χ3n) is 3.75. The lowest BCUT2D eigenvalue weighted by molar-refractivity contribution is 0.115. The van der Waals surface area contributed by atoms with Gasteiger partial charge in [-0.3, -0.25) is 4.90 Å². The Balaban J connectivity index is 1.97. The normalized spacial score (nSPS) is 22.7. The zero-order valence-corrected chi connectivity index (χ0v) is 11.2. The van der Waals surface area contributed by atoms with Crippen molar-refractivity contribution in [2.45, 2.75) is 13.0 Å². The van der Waals surface area contributed by atoms with Crippen LogP contribution in [0.25, 0.3) is 11.1 Å². The van der Waals surface area contributed by atoms with Crippen molar-refractivity contribution >= 4 is 11.1 Å². The molecule has 1 unspecified atom stereocenters. The minimum absolute atomic E-state index is 0.449. The van der Waals surface area contributed by atoms with Crippen LogP contribution in [-0.4, -0.2) is 48.5 Å². The summed E-state index contributed by atoms with van der Waals surface area (Å²) in [5.74, 6) is 0.733. The summed E-state index contributed by atoms with van der Waals surface area (Å²) in [4.78, 5) is 9.20. The van der Waals surface area contributed by atoms with Crippen LogP contribution in [0.1, 0.15) is 17.5 Å². The molecular formula is C14H19N3O. The Morgan fingerprint density at radius 3 is 2.94 bits per heavy atom. The van der Waals surface area contributed by atoms with E-state index < -0.39 is 0 Å². The van der Waals surface area contributed by atoms with E-state index in [9.17, 15) is 0 Å². The summed E-state index contributed by atoms with van der Waals surface area (Å²) in [6, 6.07) is 6.80. The van der Waals surface area contributed by atoms with Gasteiger partial charge in [0.1, 0.15) is 5.52 Å². The largest absolute Gasteiger partial charge is 0.441 e. The van der Waals surface area contributed by atoms with E-state index in [1.807, 2.05) is 13.0 Å². The summed E-state index contributed by atoms with van der Waals surface area (Å²) < 4.78 is 5.52. The average molecular weight is 245 g/mol. The summed E-state index contributed by atoms with van der Waals surface area (Å²) in [6.07, 6.45) is 0. The maximum Gasteiger partial charge on any atom is 0.192 e. The smallest absolute Gasteiger partial charge is 0.192 e. The van der Waals surface area contributed by atoms with Gasteiger partial charge in [0.15, 0.2) is 11.5 Å². The van der Waals surface area contributed by atoms with E-state index in [-0.39, 0.29) is 0 Å². The van der Waals surface area contributed by atoms with Crippen molar-refractivity contribution in [1.82, 2.24) is 14.8 Å². The quantitative estimate of drug-likeness (QED) is 0.770. The van der Waals surface area contributed by atoms with Crippen LogP contribution >= 0.6 is 0 Å². The van der Waals surface area contributed by atoms with Gasteiger partial charge in [-0.25, -0.2) is 4.98 Å². The third-order valence-corrected chi connectivity index (χ3v) is 3.75. The van der Waals surface area contributed by atoms with Crippen LogP contribution in [0, 0.1) is 6.92 Å². The molecule has 18 heavy (non-hydrogen) atoms. The zero-order valence-electron chi connectivity index (χ0n) is 11.2. The fourth-order valence-corrected chi connectivity index (χ4v) is 2.64. The molecule has 1 aliphatic heterocycles. The monoisotopic (exact) mass is 245 g/mol. The van der Waals surface area contributed by atoms with Crippen molar-refractivity contribution in [3.05, 3.63) is 29.7 Å². The Bertz CT molecular complexity index is 563. The topological polar surface area (TPSA) is 32.5 Å². The summed E-state index contributed by atoms with van der Waals surface area (Å²) >= 11 is 0. The SMILES string of the molecule is Cc1nc2cc(C3CN(C)CCN3C)ccc2o1. The maximum absolute atomic E-state index is 5.52. The summed E-state index contributed by atoms with van der Waals surface area (Å²) in [5.41, 5.74) is 3.17. The first kappa shape index (κ1) is 11.7. The van der Waals surface area contributed by atoms with Crippen molar-refractivity contribution in [2.75, 3.05) is 33.7 Å². The number of likely N-dealkylation sites (N-methyl/N-ethyl adjacent to an activating group) is 2. The molecule has 0 saturated carbocycles. The van der Waals surface area contributed by atoms with Crippen LogP contribution in [-0.2, 0) is 0 Å². The van der Waals surface area contributed by atoms with Gasteiger partial charge in [0.2, 0.25) is 0 Å². The van der Waals surface area contributed by atoms with E-state index in [1.54, 1.807) is 0 Å². The number of oxazole rings is 1. The molecule has 1 aromatic heterocycles.